The third-order valence-corrected chi connectivity index (χ3v) is 4.18. The minimum atomic E-state index is -4.55. The van der Waals surface area contributed by atoms with Gasteiger partial charge in [0.1, 0.15) is 5.69 Å². The van der Waals surface area contributed by atoms with Crippen LogP contribution in [0, 0.1) is 5.92 Å². The quantitative estimate of drug-likeness (QED) is 0.553. The van der Waals surface area contributed by atoms with Gasteiger partial charge in [-0.1, -0.05) is 19.3 Å². The Hall–Kier alpha value is -1.47. The molecule has 24 heavy (non-hydrogen) atoms. The SMILES string of the molecule is COCCOCc1nc(C(F)(F)F)ccc1C(=O)C1CCCCC1. The van der Waals surface area contributed by atoms with E-state index >= 15 is 0 Å². The van der Waals surface area contributed by atoms with Crippen molar-refractivity contribution in [1.29, 1.82) is 0 Å². The van der Waals surface area contributed by atoms with Gasteiger partial charge < -0.3 is 9.47 Å². The predicted octanol–water partition coefficient (Wildman–Crippen LogP) is 4.03. The van der Waals surface area contributed by atoms with E-state index in [4.69, 9.17) is 9.47 Å². The van der Waals surface area contributed by atoms with Crippen molar-refractivity contribution < 1.29 is 27.4 Å². The largest absolute Gasteiger partial charge is 0.433 e. The summed E-state index contributed by atoms with van der Waals surface area (Å²) < 4.78 is 48.8. The number of ether oxygens (including phenoxy) is 2. The lowest BCUT2D eigenvalue weighted by atomic mass is 9.83. The fourth-order valence-electron chi connectivity index (χ4n) is 2.89. The Morgan fingerprint density at radius 3 is 2.54 bits per heavy atom. The van der Waals surface area contributed by atoms with Crippen molar-refractivity contribution in [2.75, 3.05) is 20.3 Å². The van der Waals surface area contributed by atoms with E-state index < -0.39 is 11.9 Å². The zero-order chi connectivity index (χ0) is 17.6. The first-order valence-electron chi connectivity index (χ1n) is 8.11. The van der Waals surface area contributed by atoms with Crippen LogP contribution >= 0.6 is 0 Å². The Labute approximate surface area is 139 Å². The highest BCUT2D eigenvalue weighted by atomic mass is 19.4. The highest BCUT2D eigenvalue weighted by molar-refractivity contribution is 5.98. The molecule has 0 amide bonds. The number of hydrogen-bond donors (Lipinski definition) is 0. The molecule has 1 saturated carbocycles. The number of carbonyl (C=O) groups excluding carboxylic acids is 1. The lowest BCUT2D eigenvalue weighted by Gasteiger charge is -2.21. The van der Waals surface area contributed by atoms with Gasteiger partial charge in [0.15, 0.2) is 5.78 Å². The van der Waals surface area contributed by atoms with E-state index in [9.17, 15) is 18.0 Å². The Balaban J connectivity index is 2.22. The summed E-state index contributed by atoms with van der Waals surface area (Å²) in [5.74, 6) is -0.253. The lowest BCUT2D eigenvalue weighted by molar-refractivity contribution is -0.141. The third-order valence-electron chi connectivity index (χ3n) is 4.18. The first kappa shape index (κ1) is 18.9. The number of Topliss-reactive ketones (excluding diaryl/α,β-unsaturated/α-hetero) is 1. The highest BCUT2D eigenvalue weighted by Gasteiger charge is 2.34. The Morgan fingerprint density at radius 2 is 1.92 bits per heavy atom. The molecule has 0 unspecified atom stereocenters. The Kier molecular flexibility index (Phi) is 6.74. The molecule has 0 aromatic carbocycles. The molecular formula is C17H22F3NO3. The lowest BCUT2D eigenvalue weighted by Crippen LogP contribution is -2.21. The molecule has 7 heteroatoms. The minimum absolute atomic E-state index is 0.0523. The van der Waals surface area contributed by atoms with Gasteiger partial charge in [0.2, 0.25) is 0 Å². The van der Waals surface area contributed by atoms with Crippen LogP contribution in [-0.4, -0.2) is 31.1 Å². The van der Waals surface area contributed by atoms with E-state index in [1.54, 1.807) is 0 Å². The zero-order valence-electron chi connectivity index (χ0n) is 13.7. The van der Waals surface area contributed by atoms with Gasteiger partial charge in [-0.3, -0.25) is 4.79 Å². The molecule has 1 heterocycles. The van der Waals surface area contributed by atoms with Crippen LogP contribution in [0.15, 0.2) is 12.1 Å². The number of halogens is 3. The van der Waals surface area contributed by atoms with E-state index in [1.165, 1.54) is 13.2 Å². The van der Waals surface area contributed by atoms with Crippen molar-refractivity contribution in [3.63, 3.8) is 0 Å². The van der Waals surface area contributed by atoms with Crippen LogP contribution in [0.25, 0.3) is 0 Å². The van der Waals surface area contributed by atoms with E-state index in [0.717, 1.165) is 38.2 Å². The molecule has 0 bridgehead atoms. The van der Waals surface area contributed by atoms with E-state index in [0.29, 0.717) is 6.61 Å². The summed E-state index contributed by atoms with van der Waals surface area (Å²) in [7, 11) is 1.50. The van der Waals surface area contributed by atoms with Crippen LogP contribution in [0.4, 0.5) is 13.2 Å². The maximum Gasteiger partial charge on any atom is 0.433 e. The Bertz CT molecular complexity index is 555. The van der Waals surface area contributed by atoms with Gasteiger partial charge in [-0.05, 0) is 25.0 Å². The van der Waals surface area contributed by atoms with Gasteiger partial charge in [-0.15, -0.1) is 0 Å². The van der Waals surface area contributed by atoms with Gasteiger partial charge in [0, 0.05) is 18.6 Å². The molecule has 1 aliphatic carbocycles. The number of ketones is 1. The van der Waals surface area contributed by atoms with Crippen LogP contribution in [0.3, 0.4) is 0 Å². The molecule has 0 atom stereocenters. The molecule has 0 saturated heterocycles. The van der Waals surface area contributed by atoms with Crippen LogP contribution in [0.1, 0.15) is 53.8 Å². The summed E-state index contributed by atoms with van der Waals surface area (Å²) in [6.45, 7) is 0.414. The summed E-state index contributed by atoms with van der Waals surface area (Å²) in [5.41, 5.74) is -0.711. The molecule has 0 aliphatic heterocycles. The first-order valence-corrected chi connectivity index (χ1v) is 8.11. The summed E-state index contributed by atoms with van der Waals surface area (Å²) in [6.07, 6.45) is 0.0671. The zero-order valence-corrected chi connectivity index (χ0v) is 13.7. The molecule has 0 spiro atoms. The van der Waals surface area contributed by atoms with Gasteiger partial charge >= 0.3 is 6.18 Å². The summed E-state index contributed by atoms with van der Waals surface area (Å²) >= 11 is 0. The fraction of sp³-hybridized carbons (Fsp3) is 0.647. The van der Waals surface area contributed by atoms with Gasteiger partial charge in [-0.2, -0.15) is 13.2 Å². The van der Waals surface area contributed by atoms with E-state index in [1.807, 2.05) is 0 Å². The van der Waals surface area contributed by atoms with Crippen molar-refractivity contribution in [2.24, 2.45) is 5.92 Å². The summed E-state index contributed by atoms with van der Waals surface area (Å²) in [5, 5.41) is 0. The van der Waals surface area contributed by atoms with Crippen LogP contribution in [-0.2, 0) is 22.3 Å². The topological polar surface area (TPSA) is 48.4 Å². The molecule has 1 fully saturated rings. The number of methoxy groups -OCH3 is 1. The smallest absolute Gasteiger partial charge is 0.382 e. The van der Waals surface area contributed by atoms with Crippen molar-refractivity contribution in [2.45, 2.75) is 44.9 Å². The average molecular weight is 345 g/mol. The van der Waals surface area contributed by atoms with Crippen LogP contribution in [0.5, 0.6) is 0 Å². The number of rotatable bonds is 7. The monoisotopic (exact) mass is 345 g/mol. The number of alkyl halides is 3. The molecule has 1 aromatic rings. The Morgan fingerprint density at radius 1 is 1.21 bits per heavy atom. The molecule has 4 nitrogen and oxygen atoms in total. The summed E-state index contributed by atoms with van der Waals surface area (Å²) in [6, 6.07) is 2.11. The van der Waals surface area contributed by atoms with Crippen molar-refractivity contribution in [1.82, 2.24) is 4.98 Å². The fourth-order valence-corrected chi connectivity index (χ4v) is 2.89. The van der Waals surface area contributed by atoms with Crippen LogP contribution in [0.2, 0.25) is 0 Å². The van der Waals surface area contributed by atoms with Crippen molar-refractivity contribution >= 4 is 5.78 Å². The van der Waals surface area contributed by atoms with Crippen molar-refractivity contribution in [3.05, 3.63) is 29.1 Å². The van der Waals surface area contributed by atoms with E-state index in [2.05, 4.69) is 4.98 Å². The molecule has 1 aliphatic rings. The maximum absolute atomic E-state index is 12.9. The molecular weight excluding hydrogens is 323 g/mol. The number of pyridine rings is 1. The predicted molar refractivity (Wildman–Crippen MR) is 81.7 cm³/mol. The second kappa shape index (κ2) is 8.58. The highest BCUT2D eigenvalue weighted by Crippen LogP contribution is 2.31. The second-order valence-corrected chi connectivity index (χ2v) is 5.93. The normalized spacial score (nSPS) is 16.3. The second-order valence-electron chi connectivity index (χ2n) is 5.93. The molecule has 0 N–H and O–H groups in total. The number of nitrogens with zero attached hydrogens (tertiary/aromatic N) is 1. The molecule has 134 valence electrons. The number of carbonyl (C=O) groups is 1. The standard InChI is InChI=1S/C17H22F3NO3/c1-23-9-10-24-11-14-13(7-8-15(21-14)17(18,19)20)16(22)12-5-3-2-4-6-12/h7-8,12H,2-6,9-11H2,1H3. The molecule has 0 radical (unpaired) electrons. The van der Waals surface area contributed by atoms with Gasteiger partial charge in [-0.25, -0.2) is 4.98 Å². The van der Waals surface area contributed by atoms with Gasteiger partial charge in [0.05, 0.1) is 25.5 Å². The number of aromatic nitrogens is 1. The van der Waals surface area contributed by atoms with Crippen LogP contribution < -0.4 is 0 Å². The first-order chi connectivity index (χ1) is 11.4. The molecule has 1 aromatic heterocycles. The average Bonchev–Trinajstić information content (AvgIpc) is 2.58. The third kappa shape index (κ3) is 5.01. The molecule has 2 rings (SSSR count). The van der Waals surface area contributed by atoms with Gasteiger partial charge in [0.25, 0.3) is 0 Å². The van der Waals surface area contributed by atoms with E-state index in [-0.39, 0.29) is 36.2 Å². The minimum Gasteiger partial charge on any atom is -0.382 e. The number of hydrogen-bond acceptors (Lipinski definition) is 4. The summed E-state index contributed by atoms with van der Waals surface area (Å²) in [4.78, 5) is 16.3. The van der Waals surface area contributed by atoms with Crippen molar-refractivity contribution in [3.8, 4) is 0 Å². The maximum atomic E-state index is 12.9.